The number of ether oxygens (including phenoxy) is 1. The zero-order chi connectivity index (χ0) is 11.3. The summed E-state index contributed by atoms with van der Waals surface area (Å²) in [7, 11) is 0. The van der Waals surface area contributed by atoms with Crippen molar-refractivity contribution >= 4 is 0 Å². The van der Waals surface area contributed by atoms with Gasteiger partial charge in [-0.1, -0.05) is 47.0 Å². The van der Waals surface area contributed by atoms with Crippen LogP contribution in [0.15, 0.2) is 0 Å². The smallest absolute Gasteiger partial charge is 0.0812 e. The van der Waals surface area contributed by atoms with Gasteiger partial charge in [-0.15, -0.1) is 0 Å². The van der Waals surface area contributed by atoms with Crippen LogP contribution >= 0.6 is 0 Å². The van der Waals surface area contributed by atoms with Gasteiger partial charge in [0.2, 0.25) is 0 Å². The van der Waals surface area contributed by atoms with Gasteiger partial charge in [0.05, 0.1) is 12.7 Å². The van der Waals surface area contributed by atoms with Crippen LogP contribution in [0, 0.1) is 17.8 Å². The van der Waals surface area contributed by atoms with Gasteiger partial charge in [-0.3, -0.25) is 0 Å². The Morgan fingerprint density at radius 2 is 1.67 bits per heavy atom. The second-order valence-corrected chi connectivity index (χ2v) is 5.28. The molecule has 0 amide bonds. The third-order valence-electron chi connectivity index (χ3n) is 4.09. The van der Waals surface area contributed by atoms with Gasteiger partial charge in [0.15, 0.2) is 0 Å². The Hall–Kier alpha value is -0.0400. The molecule has 1 heteroatoms. The monoisotopic (exact) mass is 212 g/mol. The van der Waals surface area contributed by atoms with Crippen LogP contribution in [0.2, 0.25) is 0 Å². The van der Waals surface area contributed by atoms with Gasteiger partial charge < -0.3 is 4.74 Å². The highest BCUT2D eigenvalue weighted by Gasteiger charge is 2.29. The predicted molar refractivity (Wildman–Crippen MR) is 66.0 cm³/mol. The summed E-state index contributed by atoms with van der Waals surface area (Å²) >= 11 is 0. The Morgan fingerprint density at radius 3 is 2.07 bits per heavy atom. The quantitative estimate of drug-likeness (QED) is 0.548. The third kappa shape index (κ3) is 4.55. The lowest BCUT2D eigenvalue weighted by Gasteiger charge is -2.27. The average Bonchev–Trinajstić information content (AvgIpc) is 3.06. The molecule has 1 nitrogen and oxygen atoms in total. The van der Waals surface area contributed by atoms with Crippen molar-refractivity contribution in [3.05, 3.63) is 0 Å². The lowest BCUT2D eigenvalue weighted by atomic mass is 9.79. The molecule has 0 aromatic carbocycles. The molecule has 0 aromatic rings. The van der Waals surface area contributed by atoms with Gasteiger partial charge in [-0.25, -0.2) is 0 Å². The topological polar surface area (TPSA) is 12.5 Å². The molecule has 4 atom stereocenters. The number of hydrogen-bond donors (Lipinski definition) is 0. The molecule has 1 heterocycles. The lowest BCUT2D eigenvalue weighted by Crippen LogP contribution is -2.18. The van der Waals surface area contributed by atoms with Crippen molar-refractivity contribution in [2.75, 3.05) is 6.61 Å². The zero-order valence-electron chi connectivity index (χ0n) is 11.0. The number of rotatable bonds is 8. The van der Waals surface area contributed by atoms with Crippen LogP contribution in [0.3, 0.4) is 0 Å². The molecular weight excluding hydrogens is 184 g/mol. The van der Waals surface area contributed by atoms with Crippen molar-refractivity contribution in [1.82, 2.24) is 0 Å². The predicted octanol–water partition coefficient (Wildman–Crippen LogP) is 4.26. The van der Waals surface area contributed by atoms with E-state index in [2.05, 4.69) is 27.7 Å². The normalized spacial score (nSPS) is 26.0. The first-order valence-corrected chi connectivity index (χ1v) is 6.82. The highest BCUT2D eigenvalue weighted by Crippen LogP contribution is 2.33. The molecule has 1 aliphatic rings. The molecule has 0 N–H and O–H groups in total. The van der Waals surface area contributed by atoms with Crippen molar-refractivity contribution in [2.24, 2.45) is 17.8 Å². The van der Waals surface area contributed by atoms with Crippen molar-refractivity contribution in [1.29, 1.82) is 0 Å². The maximum Gasteiger partial charge on any atom is 0.0812 e. The van der Waals surface area contributed by atoms with Crippen molar-refractivity contribution in [2.45, 2.75) is 65.9 Å². The fraction of sp³-hybridized carbons (Fsp3) is 1.00. The molecule has 0 saturated carbocycles. The Balaban J connectivity index is 2.37. The maximum absolute atomic E-state index is 5.37. The largest absolute Gasteiger partial charge is 0.373 e. The third-order valence-corrected chi connectivity index (χ3v) is 4.09. The fourth-order valence-corrected chi connectivity index (χ4v) is 2.61. The molecular formula is C14H28O. The fourth-order valence-electron chi connectivity index (χ4n) is 2.61. The molecule has 90 valence electrons. The van der Waals surface area contributed by atoms with Gasteiger partial charge in [-0.2, -0.15) is 0 Å². The number of epoxide rings is 1. The Kier molecular flexibility index (Phi) is 5.66. The van der Waals surface area contributed by atoms with Crippen LogP contribution in [-0.4, -0.2) is 12.7 Å². The Labute approximate surface area is 95.6 Å². The summed E-state index contributed by atoms with van der Waals surface area (Å²) < 4.78 is 5.37. The summed E-state index contributed by atoms with van der Waals surface area (Å²) in [6.07, 6.45) is 7.34. The van der Waals surface area contributed by atoms with E-state index in [1.165, 1.54) is 32.1 Å². The molecule has 1 fully saturated rings. The molecule has 1 rings (SSSR count). The van der Waals surface area contributed by atoms with E-state index >= 15 is 0 Å². The summed E-state index contributed by atoms with van der Waals surface area (Å²) in [5.41, 5.74) is 0. The van der Waals surface area contributed by atoms with Crippen LogP contribution in [0.4, 0.5) is 0 Å². The first kappa shape index (κ1) is 13.0. The molecule has 15 heavy (non-hydrogen) atoms. The van der Waals surface area contributed by atoms with E-state index in [4.69, 9.17) is 4.74 Å². The number of hydrogen-bond acceptors (Lipinski definition) is 1. The summed E-state index contributed by atoms with van der Waals surface area (Å²) in [4.78, 5) is 0. The maximum atomic E-state index is 5.37. The summed E-state index contributed by atoms with van der Waals surface area (Å²) in [5, 5.41) is 0. The van der Waals surface area contributed by atoms with Gasteiger partial charge in [0.1, 0.15) is 0 Å². The van der Waals surface area contributed by atoms with Gasteiger partial charge in [-0.05, 0) is 30.6 Å². The van der Waals surface area contributed by atoms with Crippen molar-refractivity contribution < 1.29 is 4.74 Å². The van der Waals surface area contributed by atoms with Crippen LogP contribution < -0.4 is 0 Å². The average molecular weight is 212 g/mol. The highest BCUT2D eigenvalue weighted by atomic mass is 16.6. The minimum absolute atomic E-state index is 0.612. The van der Waals surface area contributed by atoms with E-state index in [9.17, 15) is 0 Å². The van der Waals surface area contributed by atoms with E-state index in [1.807, 2.05) is 0 Å². The van der Waals surface area contributed by atoms with Crippen LogP contribution in [-0.2, 0) is 4.74 Å². The van der Waals surface area contributed by atoms with Crippen LogP contribution in [0.1, 0.15) is 59.8 Å². The molecule has 4 unspecified atom stereocenters. The molecule has 1 saturated heterocycles. The first-order valence-electron chi connectivity index (χ1n) is 6.82. The second kappa shape index (κ2) is 6.52. The van der Waals surface area contributed by atoms with Crippen LogP contribution in [0.25, 0.3) is 0 Å². The SMILES string of the molecule is CCC(C)CC(CC)C(CC)CC1CO1. The van der Waals surface area contributed by atoms with E-state index in [1.54, 1.807) is 0 Å². The molecule has 0 bridgehead atoms. The van der Waals surface area contributed by atoms with E-state index < -0.39 is 0 Å². The van der Waals surface area contributed by atoms with Crippen LogP contribution in [0.5, 0.6) is 0 Å². The summed E-state index contributed by atoms with van der Waals surface area (Å²) in [6, 6.07) is 0. The van der Waals surface area contributed by atoms with E-state index in [0.29, 0.717) is 6.10 Å². The first-order chi connectivity index (χ1) is 7.21. The van der Waals surface area contributed by atoms with Gasteiger partial charge in [0.25, 0.3) is 0 Å². The summed E-state index contributed by atoms with van der Waals surface area (Å²) in [6.45, 7) is 10.4. The Morgan fingerprint density at radius 1 is 1.07 bits per heavy atom. The van der Waals surface area contributed by atoms with Crippen molar-refractivity contribution in [3.8, 4) is 0 Å². The van der Waals surface area contributed by atoms with E-state index in [-0.39, 0.29) is 0 Å². The van der Waals surface area contributed by atoms with Crippen molar-refractivity contribution in [3.63, 3.8) is 0 Å². The van der Waals surface area contributed by atoms with E-state index in [0.717, 1.165) is 24.4 Å². The molecule has 0 aliphatic carbocycles. The van der Waals surface area contributed by atoms with Gasteiger partial charge in [0, 0.05) is 0 Å². The standard InChI is InChI=1S/C14H28O/c1-5-11(4)8-12(6-2)13(7-3)9-14-10-15-14/h11-14H,5-10H2,1-4H3. The Bertz CT molecular complexity index is 163. The lowest BCUT2D eigenvalue weighted by molar-refractivity contribution is 0.223. The molecule has 0 spiro atoms. The molecule has 0 aromatic heterocycles. The minimum atomic E-state index is 0.612. The molecule has 1 aliphatic heterocycles. The highest BCUT2D eigenvalue weighted by molar-refractivity contribution is 4.78. The molecule has 0 radical (unpaired) electrons. The van der Waals surface area contributed by atoms with Gasteiger partial charge >= 0.3 is 0 Å². The summed E-state index contributed by atoms with van der Waals surface area (Å²) in [5.74, 6) is 2.72. The second-order valence-electron chi connectivity index (χ2n) is 5.28. The minimum Gasteiger partial charge on any atom is -0.373 e. The zero-order valence-corrected chi connectivity index (χ0v) is 11.0.